The van der Waals surface area contributed by atoms with E-state index in [1.807, 2.05) is 0 Å². The number of para-hydroxylation sites is 1. The van der Waals surface area contributed by atoms with Crippen LogP contribution in [0.3, 0.4) is 0 Å². The van der Waals surface area contributed by atoms with Gasteiger partial charge in [0.05, 0.1) is 16.6 Å². The Kier molecular flexibility index (Phi) is 5.67. The van der Waals surface area contributed by atoms with Crippen LogP contribution in [0.25, 0.3) is 16.7 Å². The second-order valence-electron chi connectivity index (χ2n) is 8.65. The standard InChI is InChI=1S/C24H23FN6O4/c1-29-22(34)16-11-10-14(21(33)26-15-6-2-3-7-15)12-19(16)31-23(29)28-30(24(31)35)13-20(32)27-18-9-5-4-8-17(18)25/h4-5,8-12,15H,2-3,6-7,13H2,1H3,(H,26,33)(H,27,32). The van der Waals surface area contributed by atoms with Crippen LogP contribution in [0.4, 0.5) is 10.1 Å². The van der Waals surface area contributed by atoms with E-state index in [-0.39, 0.29) is 34.3 Å². The largest absolute Gasteiger partial charge is 0.352 e. The van der Waals surface area contributed by atoms with Gasteiger partial charge in [0.25, 0.3) is 11.5 Å². The van der Waals surface area contributed by atoms with E-state index in [0.29, 0.717) is 5.56 Å². The maximum Gasteiger partial charge on any atom is 0.352 e. The molecule has 0 unspecified atom stereocenters. The highest BCUT2D eigenvalue weighted by atomic mass is 19.1. The van der Waals surface area contributed by atoms with Crippen molar-refractivity contribution in [2.75, 3.05) is 5.32 Å². The van der Waals surface area contributed by atoms with E-state index in [0.717, 1.165) is 30.4 Å². The summed E-state index contributed by atoms with van der Waals surface area (Å²) < 4.78 is 17.2. The fourth-order valence-corrected chi connectivity index (χ4v) is 4.46. The van der Waals surface area contributed by atoms with Crippen molar-refractivity contribution in [3.05, 3.63) is 74.7 Å². The Morgan fingerprint density at radius 2 is 1.86 bits per heavy atom. The van der Waals surface area contributed by atoms with E-state index < -0.39 is 29.5 Å². The third-order valence-corrected chi connectivity index (χ3v) is 6.29. The van der Waals surface area contributed by atoms with E-state index >= 15 is 0 Å². The number of carbonyl (C=O) groups excluding carboxylic acids is 2. The van der Waals surface area contributed by atoms with Crippen LogP contribution in [0.1, 0.15) is 36.0 Å². The number of anilines is 1. The molecule has 11 heteroatoms. The predicted octanol–water partition coefficient (Wildman–Crippen LogP) is 1.80. The van der Waals surface area contributed by atoms with E-state index in [4.69, 9.17) is 0 Å². The van der Waals surface area contributed by atoms with Crippen molar-refractivity contribution in [1.82, 2.24) is 24.1 Å². The Morgan fingerprint density at radius 3 is 2.60 bits per heavy atom. The first-order chi connectivity index (χ1) is 16.8. The van der Waals surface area contributed by atoms with Gasteiger partial charge in [0.2, 0.25) is 11.7 Å². The lowest BCUT2D eigenvalue weighted by molar-refractivity contribution is -0.117. The van der Waals surface area contributed by atoms with Gasteiger partial charge in [0.15, 0.2) is 0 Å². The van der Waals surface area contributed by atoms with Crippen LogP contribution in [0.5, 0.6) is 0 Å². The molecule has 0 radical (unpaired) electrons. The Labute approximate surface area is 198 Å². The van der Waals surface area contributed by atoms with Crippen LogP contribution in [0.2, 0.25) is 0 Å². The van der Waals surface area contributed by atoms with E-state index in [2.05, 4.69) is 15.7 Å². The number of aromatic nitrogens is 4. The average molecular weight is 478 g/mol. The molecule has 2 aromatic heterocycles. The van der Waals surface area contributed by atoms with Crippen molar-refractivity contribution in [1.29, 1.82) is 0 Å². The number of nitrogens with zero attached hydrogens (tertiary/aromatic N) is 4. The first-order valence-corrected chi connectivity index (χ1v) is 11.3. The number of amides is 2. The van der Waals surface area contributed by atoms with Gasteiger partial charge in [-0.05, 0) is 43.2 Å². The summed E-state index contributed by atoms with van der Waals surface area (Å²) in [5.74, 6) is -1.54. The van der Waals surface area contributed by atoms with Crippen LogP contribution in [-0.2, 0) is 18.4 Å². The van der Waals surface area contributed by atoms with Gasteiger partial charge in [-0.1, -0.05) is 25.0 Å². The molecular formula is C24H23FN6O4. The summed E-state index contributed by atoms with van der Waals surface area (Å²) >= 11 is 0. The van der Waals surface area contributed by atoms with Gasteiger partial charge in [-0.3, -0.25) is 19.0 Å². The summed E-state index contributed by atoms with van der Waals surface area (Å²) in [4.78, 5) is 51.4. The summed E-state index contributed by atoms with van der Waals surface area (Å²) in [5, 5.41) is 9.79. The van der Waals surface area contributed by atoms with Crippen molar-refractivity contribution >= 4 is 34.2 Å². The zero-order valence-corrected chi connectivity index (χ0v) is 19.0. The Hall–Kier alpha value is -4.28. The van der Waals surface area contributed by atoms with Gasteiger partial charge in [-0.25, -0.2) is 18.3 Å². The van der Waals surface area contributed by atoms with E-state index in [1.165, 1.54) is 46.3 Å². The summed E-state index contributed by atoms with van der Waals surface area (Å²) in [6, 6.07) is 10.3. The first-order valence-electron chi connectivity index (χ1n) is 11.3. The number of halogens is 1. The lowest BCUT2D eigenvalue weighted by Gasteiger charge is -2.12. The first kappa shape index (κ1) is 22.5. The Morgan fingerprint density at radius 1 is 1.11 bits per heavy atom. The molecule has 2 N–H and O–H groups in total. The number of nitrogens with one attached hydrogen (secondary N) is 2. The number of benzene rings is 2. The smallest absolute Gasteiger partial charge is 0.349 e. The minimum absolute atomic E-state index is 0.0135. The molecule has 0 saturated heterocycles. The lowest BCUT2D eigenvalue weighted by atomic mass is 10.1. The molecule has 35 heavy (non-hydrogen) atoms. The molecule has 5 rings (SSSR count). The molecule has 0 spiro atoms. The van der Waals surface area contributed by atoms with Gasteiger partial charge in [0.1, 0.15) is 12.4 Å². The molecule has 0 bridgehead atoms. The molecule has 2 amide bonds. The van der Waals surface area contributed by atoms with Gasteiger partial charge in [-0.2, -0.15) is 0 Å². The van der Waals surface area contributed by atoms with Crippen LogP contribution in [0.15, 0.2) is 52.1 Å². The highest BCUT2D eigenvalue weighted by Gasteiger charge is 2.21. The van der Waals surface area contributed by atoms with Crippen LogP contribution in [-0.4, -0.2) is 36.6 Å². The SMILES string of the molecule is Cn1c(=O)c2ccc(C(=O)NC3CCCC3)cc2n2c(=O)n(CC(=O)Nc3ccccc3F)nc12. The third-order valence-electron chi connectivity index (χ3n) is 6.29. The molecule has 2 aromatic carbocycles. The maximum atomic E-state index is 13.9. The maximum absolute atomic E-state index is 13.9. The van der Waals surface area contributed by atoms with Crippen molar-refractivity contribution in [3.63, 3.8) is 0 Å². The van der Waals surface area contributed by atoms with Crippen molar-refractivity contribution < 1.29 is 14.0 Å². The number of carbonyl (C=O) groups is 2. The van der Waals surface area contributed by atoms with Crippen molar-refractivity contribution in [2.24, 2.45) is 7.05 Å². The van der Waals surface area contributed by atoms with Crippen molar-refractivity contribution in [3.8, 4) is 0 Å². The molecule has 180 valence electrons. The quantitative estimate of drug-likeness (QED) is 0.453. The minimum Gasteiger partial charge on any atom is -0.349 e. The number of aryl methyl sites for hydroxylation is 1. The van der Waals surface area contributed by atoms with Gasteiger partial charge >= 0.3 is 5.69 Å². The fourth-order valence-electron chi connectivity index (χ4n) is 4.46. The molecule has 10 nitrogen and oxygen atoms in total. The predicted molar refractivity (Wildman–Crippen MR) is 127 cm³/mol. The molecule has 0 atom stereocenters. The lowest BCUT2D eigenvalue weighted by Crippen LogP contribution is -2.33. The summed E-state index contributed by atoms with van der Waals surface area (Å²) in [6.07, 6.45) is 3.98. The summed E-state index contributed by atoms with van der Waals surface area (Å²) in [5.41, 5.74) is -0.560. The molecule has 2 heterocycles. The fraction of sp³-hybridized carbons (Fsp3) is 0.292. The second-order valence-corrected chi connectivity index (χ2v) is 8.65. The van der Waals surface area contributed by atoms with E-state index in [1.54, 1.807) is 12.1 Å². The normalized spacial score (nSPS) is 14.0. The summed E-state index contributed by atoms with van der Waals surface area (Å²) in [7, 11) is 1.47. The molecule has 4 aromatic rings. The van der Waals surface area contributed by atoms with Gasteiger partial charge in [0, 0.05) is 18.7 Å². The molecule has 1 aliphatic carbocycles. The minimum atomic E-state index is -0.669. The van der Waals surface area contributed by atoms with Crippen LogP contribution >= 0.6 is 0 Å². The molecular weight excluding hydrogens is 455 g/mol. The van der Waals surface area contributed by atoms with Gasteiger partial charge < -0.3 is 10.6 Å². The van der Waals surface area contributed by atoms with Crippen molar-refractivity contribution in [2.45, 2.75) is 38.3 Å². The highest BCUT2D eigenvalue weighted by molar-refractivity contribution is 5.98. The number of hydrogen-bond acceptors (Lipinski definition) is 5. The van der Waals surface area contributed by atoms with Crippen LogP contribution in [0, 0.1) is 5.82 Å². The van der Waals surface area contributed by atoms with Gasteiger partial charge in [-0.15, -0.1) is 5.10 Å². The molecule has 1 fully saturated rings. The zero-order chi connectivity index (χ0) is 24.7. The molecule has 1 aliphatic rings. The monoisotopic (exact) mass is 478 g/mol. The zero-order valence-electron chi connectivity index (χ0n) is 19.0. The second kappa shape index (κ2) is 8.82. The molecule has 1 saturated carbocycles. The molecule has 0 aliphatic heterocycles. The van der Waals surface area contributed by atoms with Crippen LogP contribution < -0.4 is 21.9 Å². The average Bonchev–Trinajstić information content (AvgIpc) is 3.46. The Balaban J connectivity index is 1.54. The topological polar surface area (TPSA) is 120 Å². The summed E-state index contributed by atoms with van der Waals surface area (Å²) in [6.45, 7) is -0.494. The number of rotatable bonds is 5. The number of hydrogen-bond donors (Lipinski definition) is 2. The van der Waals surface area contributed by atoms with E-state index in [9.17, 15) is 23.6 Å². The highest BCUT2D eigenvalue weighted by Crippen LogP contribution is 2.19. The third kappa shape index (κ3) is 4.09. The Bertz CT molecular complexity index is 1600. The number of fused-ring (bicyclic) bond motifs is 3.